The molecule has 0 saturated heterocycles. The number of fused-ring (bicyclic) bond motifs is 15. The second kappa shape index (κ2) is 39.2. The van der Waals surface area contributed by atoms with Crippen LogP contribution in [0.2, 0.25) is 0 Å². The standard InChI is InChI=1S/C31H49NO3.C30H47NO3.C29H44O3.C2H7NO.CH5NO.2ClH/c1-7-28-20(3)9-14-29(35-28)34-23-15-17-30(5)22(19-23)10-11-24-26-13-12-25(21(4)32-33-8-2)31(26,6)18-16-27(24)30;1-7-27-19(2)8-13-28(34-27)33-22-14-16-29(4)21(18-22)9-10-23-25-12-11-24(20(3)31-32-6)30(25,5)17-15-26(23)29;1-6-26-18(2)7-12-27(32-26)31-21-13-15-28(4)20(17-21)8-9-22-24-11-10-23(19(3)30)29(24,5)16-14-25(22)28;1-2-4-3;1-3-2;;/h9-10,14,20,23-29H,7-8,11-13,15-19H2,1-6H3;8-9,13,19,22-28H,7,10-12,14-18H2,1-6H3;7-8,12,18,21-27H,6,9-11,13-17H2,1-5H3;2-3H2,1H3;2H2,1H3;2*1H/b32-21+;31-20+;;;;;/t20-,23-,24?,25+,26?,27?,28+,29?,30-,31+;19-,22-,23?,24+,25?,26?,27+,28?,29-,30+;18-,21-,22?,23+,24?,25?,26+,27?,28-,29+;;;;/m000..../s1. The average Bonchev–Trinajstić information content (AvgIpc) is 1.41. The molecule has 4 N–H and O–H groups in total. The molecule has 626 valence electrons. The van der Waals surface area contributed by atoms with E-state index < -0.39 is 0 Å². The van der Waals surface area contributed by atoms with Crippen LogP contribution >= 0.6 is 24.8 Å². The Morgan fingerprint density at radius 2 is 0.745 bits per heavy atom. The normalized spacial score (nSPS) is 45.2. The minimum atomic E-state index is -0.181. The van der Waals surface area contributed by atoms with E-state index in [4.69, 9.17) is 38.1 Å². The highest BCUT2D eigenvalue weighted by Gasteiger charge is 2.63. The van der Waals surface area contributed by atoms with Crippen LogP contribution in [0.4, 0.5) is 0 Å². The predicted molar refractivity (Wildman–Crippen MR) is 449 cm³/mol. The lowest BCUT2D eigenvalue weighted by Crippen LogP contribution is -2.51. The molecule has 0 radical (unpaired) electrons. The third kappa shape index (κ3) is 18.6. The molecule has 15 aliphatic rings. The van der Waals surface area contributed by atoms with E-state index in [2.05, 4.69) is 183 Å². The summed E-state index contributed by atoms with van der Waals surface area (Å²) in [5.74, 6) is 19.4. The van der Waals surface area contributed by atoms with Crippen molar-refractivity contribution in [3.63, 3.8) is 0 Å². The zero-order valence-corrected chi connectivity index (χ0v) is 73.5. The van der Waals surface area contributed by atoms with Crippen molar-refractivity contribution < 1.29 is 52.6 Å². The molecule has 12 aliphatic carbocycles. The molecule has 0 aromatic heterocycles. The van der Waals surface area contributed by atoms with E-state index in [0.29, 0.717) is 81.6 Å². The van der Waals surface area contributed by atoms with Crippen LogP contribution < -0.4 is 11.8 Å². The molecule has 0 spiro atoms. The summed E-state index contributed by atoms with van der Waals surface area (Å²) < 4.78 is 38.3. The molecule has 12 unspecified atom stereocenters. The minimum absolute atomic E-state index is 0. The lowest BCUT2D eigenvalue weighted by molar-refractivity contribution is -0.188. The van der Waals surface area contributed by atoms with E-state index in [-0.39, 0.29) is 85.7 Å². The number of carbonyl (C=O) groups excluding carboxylic acids is 1. The van der Waals surface area contributed by atoms with Crippen LogP contribution in [-0.4, -0.2) is 100 Å². The van der Waals surface area contributed by atoms with Crippen molar-refractivity contribution in [2.75, 3.05) is 27.4 Å². The van der Waals surface area contributed by atoms with Crippen LogP contribution in [-0.2, 0) is 52.6 Å². The zero-order valence-electron chi connectivity index (χ0n) is 71.9. The van der Waals surface area contributed by atoms with Gasteiger partial charge in [-0.2, -0.15) is 0 Å². The molecule has 30 atom stereocenters. The molecule has 3 heterocycles. The van der Waals surface area contributed by atoms with Gasteiger partial charge in [0.25, 0.3) is 0 Å². The van der Waals surface area contributed by atoms with Crippen molar-refractivity contribution >= 4 is 42.0 Å². The molecule has 3 aliphatic heterocycles. The summed E-state index contributed by atoms with van der Waals surface area (Å²) in [6, 6.07) is 0. The van der Waals surface area contributed by atoms with Crippen molar-refractivity contribution in [2.24, 2.45) is 143 Å². The summed E-state index contributed by atoms with van der Waals surface area (Å²) in [6.07, 6.45) is 55.1. The molecule has 0 aromatic carbocycles. The fraction of sp³-hybridized carbons (Fsp3) is 0.839. The summed E-state index contributed by atoms with van der Waals surface area (Å²) in [5.41, 5.74) is 9.48. The number of allylic oxidation sites excluding steroid dienone is 3. The number of nitrogens with zero attached hydrogens (tertiary/aromatic N) is 2. The Morgan fingerprint density at radius 1 is 0.436 bits per heavy atom. The number of nitrogens with two attached hydrogens (primary N) is 2. The molecule has 0 bridgehead atoms. The lowest BCUT2D eigenvalue weighted by Gasteiger charge is -2.58. The second-order valence-corrected chi connectivity index (χ2v) is 38.3. The minimum Gasteiger partial charge on any atom is -0.399 e. The Kier molecular flexibility index (Phi) is 32.5. The summed E-state index contributed by atoms with van der Waals surface area (Å²) in [4.78, 5) is 30.8. The van der Waals surface area contributed by atoms with Gasteiger partial charge in [0, 0.05) is 35.5 Å². The highest BCUT2D eigenvalue weighted by Crippen LogP contribution is 2.70. The van der Waals surface area contributed by atoms with Crippen LogP contribution in [0.1, 0.15) is 291 Å². The van der Waals surface area contributed by atoms with E-state index in [0.717, 1.165) is 117 Å². The number of oxime groups is 2. The molecule has 15 rings (SSSR count). The summed E-state index contributed by atoms with van der Waals surface area (Å²) in [5, 5.41) is 8.86. The van der Waals surface area contributed by atoms with Gasteiger partial charge >= 0.3 is 0 Å². The number of halogens is 2. The number of ether oxygens (including phenoxy) is 6. The van der Waals surface area contributed by atoms with Gasteiger partial charge in [-0.3, -0.25) is 4.79 Å². The molecule has 15 nitrogen and oxygen atoms in total. The van der Waals surface area contributed by atoms with E-state index in [1.807, 2.05) is 20.8 Å². The summed E-state index contributed by atoms with van der Waals surface area (Å²) in [7, 11) is 3.09. The van der Waals surface area contributed by atoms with Crippen molar-refractivity contribution in [3.8, 4) is 0 Å². The maximum atomic E-state index is 12.4. The maximum absolute atomic E-state index is 12.4. The van der Waals surface area contributed by atoms with E-state index >= 15 is 0 Å². The predicted octanol–water partition coefficient (Wildman–Crippen LogP) is 22.1. The van der Waals surface area contributed by atoms with E-state index in [1.165, 1.54) is 128 Å². The van der Waals surface area contributed by atoms with Gasteiger partial charge in [-0.25, -0.2) is 11.8 Å². The number of hydrogen-bond donors (Lipinski definition) is 2. The van der Waals surface area contributed by atoms with Crippen molar-refractivity contribution in [1.82, 2.24) is 0 Å². The van der Waals surface area contributed by atoms with Gasteiger partial charge < -0.3 is 47.8 Å². The smallest absolute Gasteiger partial charge is 0.177 e. The Bertz CT molecular complexity index is 3250. The van der Waals surface area contributed by atoms with Gasteiger partial charge in [-0.05, 0) is 312 Å². The van der Waals surface area contributed by atoms with Crippen LogP contribution in [0, 0.1) is 121 Å². The first-order valence-electron chi connectivity index (χ1n) is 44.0. The quantitative estimate of drug-likeness (QED) is 0.0845. The average molecular weight is 1580 g/mol. The van der Waals surface area contributed by atoms with Crippen LogP contribution in [0.15, 0.2) is 81.7 Å². The Morgan fingerprint density at radius 3 is 1.04 bits per heavy atom. The molecule has 9 saturated carbocycles. The van der Waals surface area contributed by atoms with Gasteiger partial charge in [0.2, 0.25) is 0 Å². The van der Waals surface area contributed by atoms with Crippen molar-refractivity contribution in [1.29, 1.82) is 0 Å². The first kappa shape index (κ1) is 91.1. The summed E-state index contributed by atoms with van der Waals surface area (Å²) >= 11 is 0. The van der Waals surface area contributed by atoms with E-state index in [9.17, 15) is 4.79 Å². The van der Waals surface area contributed by atoms with Gasteiger partial charge in [0.1, 0.15) is 19.5 Å². The highest BCUT2D eigenvalue weighted by molar-refractivity contribution is 5.86. The second-order valence-electron chi connectivity index (χ2n) is 38.3. The topological polar surface area (TPSA) is 186 Å². The van der Waals surface area contributed by atoms with Crippen LogP contribution in [0.3, 0.4) is 0 Å². The molecule has 110 heavy (non-hydrogen) atoms. The highest BCUT2D eigenvalue weighted by atomic mass is 35.5. The third-order valence-corrected chi connectivity index (χ3v) is 33.0. The fourth-order valence-corrected chi connectivity index (χ4v) is 27.1. The van der Waals surface area contributed by atoms with Gasteiger partial charge in [0.15, 0.2) is 18.9 Å². The monoisotopic (exact) mass is 1570 g/mol. The molecule has 9 fully saturated rings. The number of hydrogen-bond acceptors (Lipinski definition) is 15. The molecule has 0 aromatic rings. The lowest BCUT2D eigenvalue weighted by atomic mass is 9.47. The van der Waals surface area contributed by atoms with Crippen molar-refractivity contribution in [3.05, 3.63) is 71.4 Å². The number of Topliss-reactive ketones (excluding diaryl/α,β-unsaturated/α-hetero) is 1. The Balaban J connectivity index is 0.000000180. The first-order valence-corrected chi connectivity index (χ1v) is 44.0. The number of rotatable bonds is 16. The van der Waals surface area contributed by atoms with Crippen molar-refractivity contribution in [2.45, 2.75) is 347 Å². The Hall–Kier alpha value is -2.77. The van der Waals surface area contributed by atoms with Gasteiger partial charge in [-0.1, -0.05) is 147 Å². The Labute approximate surface area is 679 Å². The van der Waals surface area contributed by atoms with Gasteiger partial charge in [0.05, 0.1) is 61.8 Å². The largest absolute Gasteiger partial charge is 0.399 e. The fourth-order valence-electron chi connectivity index (χ4n) is 27.1. The van der Waals surface area contributed by atoms with Gasteiger partial charge in [-0.15, -0.1) is 24.8 Å². The van der Waals surface area contributed by atoms with Crippen LogP contribution in [0.5, 0.6) is 0 Å². The maximum Gasteiger partial charge on any atom is 0.177 e. The van der Waals surface area contributed by atoms with Crippen LogP contribution in [0.25, 0.3) is 0 Å². The molecular weight excluding hydrogens is 1420 g/mol. The summed E-state index contributed by atoms with van der Waals surface area (Å²) in [6.45, 7) is 40.0. The molecular formula is C93H154Cl2N4O11. The first-order chi connectivity index (χ1) is 51.7. The SMILES string of the molecule is CCO/N=C(\C)[C@H]1CCC2C3CC=C4C[C@@H](OC5C=C[C@H](C)[C@@H](CC)O5)CC[C@]4(C)C3CC[C@@]21C.CCON.CC[C@H]1OC(O[C@H]2CC[C@@]3(C)C(=CCC4C3CC[C@@]3(C)C4CC[C@@H]3/C(C)=N/OC)C2)C=C[C@@H]1C.CC[C@H]1OC(O[C@H]2CC[C@@]3(C)C(=CCC4C3CC[C@@]3(C)C4CC[C@@H]3C(C)=O)C2)C=C[C@@H]1C.CON.Cl.Cl. The molecule has 17 heteroatoms. The van der Waals surface area contributed by atoms with E-state index in [1.54, 1.807) is 23.8 Å². The molecule has 0 amide bonds. The third-order valence-electron chi connectivity index (χ3n) is 33.0. The number of ketones is 1. The zero-order chi connectivity index (χ0) is 77.7. The number of carbonyl (C=O) groups is 1.